The molecule has 0 fully saturated rings. The molecule has 1 nitrogen and oxygen atoms in total. The third-order valence-electron chi connectivity index (χ3n) is 1.08. The summed E-state index contributed by atoms with van der Waals surface area (Å²) in [5.41, 5.74) is 0. The van der Waals surface area contributed by atoms with Crippen molar-refractivity contribution in [2.24, 2.45) is 0 Å². The highest BCUT2D eigenvalue weighted by molar-refractivity contribution is 7.80. The number of nitrogens with zero attached hydrogens (tertiary/aromatic N) is 1. The van der Waals surface area contributed by atoms with Crippen LogP contribution in [-0.4, -0.2) is 23.0 Å². The van der Waals surface area contributed by atoms with Crippen LogP contribution < -0.4 is 0 Å². The Morgan fingerprint density at radius 1 is 1.50 bits per heavy atom. The maximum absolute atomic E-state index is 5.32. The Kier molecular flexibility index (Phi) is 3.79. The molecule has 0 spiro atoms. The van der Waals surface area contributed by atoms with Crippen molar-refractivity contribution in [1.82, 2.24) is 4.90 Å². The van der Waals surface area contributed by atoms with E-state index in [2.05, 4.69) is 0 Å². The van der Waals surface area contributed by atoms with E-state index in [0.29, 0.717) is 4.99 Å². The van der Waals surface area contributed by atoms with E-state index in [4.69, 9.17) is 19.1 Å². The van der Waals surface area contributed by atoms with Crippen molar-refractivity contribution in [3.63, 3.8) is 0 Å². The second-order valence-corrected chi connectivity index (χ2v) is 1.93. The minimum absolute atomic E-state index is 0.495. The van der Waals surface area contributed by atoms with Crippen LogP contribution in [0, 0.1) is 6.92 Å². The Hall–Kier alpha value is -0.110. The molecule has 8 heavy (non-hydrogen) atoms. The standard InChI is InChI=1S/C6H11NS/c1-4-7(5-2)6(3)8/h3H,4-5H2,1-2H3. The molecule has 0 atom stereocenters. The topological polar surface area (TPSA) is 3.24 Å². The van der Waals surface area contributed by atoms with E-state index in [0.717, 1.165) is 13.1 Å². The molecule has 0 saturated carbocycles. The van der Waals surface area contributed by atoms with Crippen LogP contribution in [-0.2, 0) is 0 Å². The molecule has 0 amide bonds. The molecule has 46 valence electrons. The van der Waals surface area contributed by atoms with Crippen LogP contribution in [0.2, 0.25) is 0 Å². The Bertz CT molecular complexity index is 76.6. The fraction of sp³-hybridized carbons (Fsp3) is 0.667. The lowest BCUT2D eigenvalue weighted by atomic mass is 10.5. The van der Waals surface area contributed by atoms with Gasteiger partial charge in [-0.3, -0.25) is 0 Å². The molecule has 0 aromatic heterocycles. The summed E-state index contributed by atoms with van der Waals surface area (Å²) in [6.07, 6.45) is 0. The first-order valence-electron chi connectivity index (χ1n) is 2.76. The number of hydrogen-bond donors (Lipinski definition) is 0. The molecule has 0 aliphatic carbocycles. The van der Waals surface area contributed by atoms with E-state index in [1.165, 1.54) is 0 Å². The molecule has 0 unspecified atom stereocenters. The quantitative estimate of drug-likeness (QED) is 0.518. The lowest BCUT2D eigenvalue weighted by Crippen LogP contribution is -2.26. The molecule has 0 bridgehead atoms. The fourth-order valence-electron chi connectivity index (χ4n) is 0.535. The van der Waals surface area contributed by atoms with Gasteiger partial charge in [-0.05, 0) is 13.8 Å². The lowest BCUT2D eigenvalue weighted by molar-refractivity contribution is 0.476. The van der Waals surface area contributed by atoms with Crippen molar-refractivity contribution in [2.75, 3.05) is 13.1 Å². The van der Waals surface area contributed by atoms with Crippen molar-refractivity contribution in [1.29, 1.82) is 0 Å². The van der Waals surface area contributed by atoms with Crippen LogP contribution in [0.1, 0.15) is 13.8 Å². The van der Waals surface area contributed by atoms with Gasteiger partial charge in [0.25, 0.3) is 0 Å². The average molecular weight is 129 g/mol. The predicted octanol–water partition coefficient (Wildman–Crippen LogP) is 1.37. The Labute approximate surface area is 56.7 Å². The molecule has 0 rings (SSSR count). The normalized spacial score (nSPS) is 8.88. The summed E-state index contributed by atoms with van der Waals surface area (Å²) in [6.45, 7) is 11.2. The van der Waals surface area contributed by atoms with Crippen molar-refractivity contribution in [2.45, 2.75) is 13.8 Å². The molecular formula is C6H11NS. The van der Waals surface area contributed by atoms with Gasteiger partial charge in [-0.25, -0.2) is 0 Å². The maximum Gasteiger partial charge on any atom is 0.0825 e. The molecule has 2 heteroatoms. The SMILES string of the molecule is [CH]C(=S)N(CC)CC. The summed E-state index contributed by atoms with van der Waals surface area (Å²) in [5.74, 6) is 0. The van der Waals surface area contributed by atoms with E-state index >= 15 is 0 Å². The minimum Gasteiger partial charge on any atom is -0.366 e. The van der Waals surface area contributed by atoms with Gasteiger partial charge in [0, 0.05) is 20.0 Å². The highest BCUT2D eigenvalue weighted by Crippen LogP contribution is 1.87. The molecule has 0 saturated heterocycles. The average Bonchev–Trinajstić information content (AvgIpc) is 1.69. The highest BCUT2D eigenvalue weighted by atomic mass is 32.1. The first kappa shape index (κ1) is 7.89. The zero-order valence-electron chi connectivity index (χ0n) is 5.35. The van der Waals surface area contributed by atoms with Gasteiger partial charge in [-0.2, -0.15) is 0 Å². The molecular weight excluding hydrogens is 118 g/mol. The van der Waals surface area contributed by atoms with Gasteiger partial charge in [0.15, 0.2) is 0 Å². The molecule has 0 N–H and O–H groups in total. The zero-order chi connectivity index (χ0) is 6.57. The number of hydrogen-bond acceptors (Lipinski definition) is 1. The maximum atomic E-state index is 5.32. The van der Waals surface area contributed by atoms with E-state index in [1.54, 1.807) is 0 Å². The molecule has 2 radical (unpaired) electrons. The van der Waals surface area contributed by atoms with Gasteiger partial charge < -0.3 is 4.90 Å². The number of rotatable bonds is 2. The van der Waals surface area contributed by atoms with Crippen molar-refractivity contribution in [3.8, 4) is 0 Å². The molecule has 0 aromatic carbocycles. The van der Waals surface area contributed by atoms with Gasteiger partial charge in [0.05, 0.1) is 4.99 Å². The third kappa shape index (κ3) is 2.26. The fourth-order valence-corrected chi connectivity index (χ4v) is 0.793. The van der Waals surface area contributed by atoms with Crippen molar-refractivity contribution < 1.29 is 0 Å². The van der Waals surface area contributed by atoms with Crippen LogP contribution in [0.25, 0.3) is 0 Å². The zero-order valence-corrected chi connectivity index (χ0v) is 6.16. The monoisotopic (exact) mass is 129 g/mol. The molecule has 0 heterocycles. The minimum atomic E-state index is 0.495. The number of thiocarbonyl (C=S) groups is 1. The third-order valence-corrected chi connectivity index (χ3v) is 1.33. The van der Waals surface area contributed by atoms with Crippen LogP contribution in [0.5, 0.6) is 0 Å². The first-order chi connectivity index (χ1) is 3.72. The second-order valence-electron chi connectivity index (χ2n) is 1.51. The van der Waals surface area contributed by atoms with Gasteiger partial charge in [-0.1, -0.05) is 12.2 Å². The Morgan fingerprint density at radius 2 is 1.88 bits per heavy atom. The molecule has 0 aliphatic rings. The van der Waals surface area contributed by atoms with Crippen LogP contribution in [0.15, 0.2) is 0 Å². The summed E-state index contributed by atoms with van der Waals surface area (Å²) in [6, 6.07) is 0. The van der Waals surface area contributed by atoms with Crippen molar-refractivity contribution >= 4 is 17.2 Å². The lowest BCUT2D eigenvalue weighted by Gasteiger charge is -2.17. The van der Waals surface area contributed by atoms with E-state index < -0.39 is 0 Å². The Balaban J connectivity index is 3.52. The van der Waals surface area contributed by atoms with Gasteiger partial charge in [0.1, 0.15) is 0 Å². The van der Waals surface area contributed by atoms with Gasteiger partial charge >= 0.3 is 0 Å². The largest absolute Gasteiger partial charge is 0.366 e. The predicted molar refractivity (Wildman–Crippen MR) is 39.8 cm³/mol. The summed E-state index contributed by atoms with van der Waals surface area (Å²) in [7, 11) is 0. The van der Waals surface area contributed by atoms with Crippen LogP contribution in [0.3, 0.4) is 0 Å². The van der Waals surface area contributed by atoms with E-state index in [9.17, 15) is 0 Å². The van der Waals surface area contributed by atoms with Crippen molar-refractivity contribution in [3.05, 3.63) is 6.92 Å². The first-order valence-corrected chi connectivity index (χ1v) is 3.17. The Morgan fingerprint density at radius 3 is 1.88 bits per heavy atom. The molecule has 0 aliphatic heterocycles. The smallest absolute Gasteiger partial charge is 0.0825 e. The highest BCUT2D eigenvalue weighted by Gasteiger charge is 1.95. The van der Waals surface area contributed by atoms with Crippen LogP contribution in [0.4, 0.5) is 0 Å². The second kappa shape index (κ2) is 3.84. The van der Waals surface area contributed by atoms with Crippen LogP contribution >= 0.6 is 12.2 Å². The summed E-state index contributed by atoms with van der Waals surface area (Å²) in [5, 5.41) is 0. The summed E-state index contributed by atoms with van der Waals surface area (Å²) >= 11 is 4.72. The summed E-state index contributed by atoms with van der Waals surface area (Å²) in [4.78, 5) is 2.42. The van der Waals surface area contributed by atoms with E-state index in [-0.39, 0.29) is 0 Å². The molecule has 0 aromatic rings. The summed E-state index contributed by atoms with van der Waals surface area (Å²) < 4.78 is 0. The van der Waals surface area contributed by atoms with E-state index in [1.807, 2.05) is 18.7 Å². The van der Waals surface area contributed by atoms with Gasteiger partial charge in [0.2, 0.25) is 0 Å². The van der Waals surface area contributed by atoms with Gasteiger partial charge in [-0.15, -0.1) is 0 Å².